The van der Waals surface area contributed by atoms with Crippen LogP contribution in [0.4, 0.5) is 4.79 Å². The van der Waals surface area contributed by atoms with E-state index in [1.807, 2.05) is 36.4 Å². The van der Waals surface area contributed by atoms with Crippen molar-refractivity contribution in [3.8, 4) is 11.1 Å². The van der Waals surface area contributed by atoms with Gasteiger partial charge in [0.15, 0.2) is 0 Å². The third kappa shape index (κ3) is 5.19. The molecule has 7 nitrogen and oxygen atoms in total. The van der Waals surface area contributed by atoms with Crippen LogP contribution in [0.2, 0.25) is 0 Å². The van der Waals surface area contributed by atoms with Gasteiger partial charge in [0, 0.05) is 12.5 Å². The molecule has 1 atom stereocenters. The SMILES string of the molecule is CC(C)(CNC(=O)[C@@H](NC(=O)OCC1c2ccccc2-c2ccccc21)c1ccccc1)C(=O)O. The van der Waals surface area contributed by atoms with Crippen molar-refractivity contribution in [1.29, 1.82) is 0 Å². The summed E-state index contributed by atoms with van der Waals surface area (Å²) in [7, 11) is 0. The Morgan fingerprint density at radius 3 is 2.00 bits per heavy atom. The van der Waals surface area contributed by atoms with E-state index in [1.165, 1.54) is 13.8 Å². The number of fused-ring (bicyclic) bond motifs is 3. The van der Waals surface area contributed by atoms with Crippen molar-refractivity contribution >= 4 is 18.0 Å². The average molecular weight is 473 g/mol. The van der Waals surface area contributed by atoms with Crippen molar-refractivity contribution in [1.82, 2.24) is 10.6 Å². The fraction of sp³-hybridized carbons (Fsp3) is 0.250. The third-order valence-electron chi connectivity index (χ3n) is 6.28. The Bertz CT molecular complexity index is 1190. The number of carboxylic acid groups (broad SMARTS) is 1. The molecule has 0 fully saturated rings. The second-order valence-corrected chi connectivity index (χ2v) is 9.22. The minimum absolute atomic E-state index is 0.0864. The number of carbonyl (C=O) groups is 3. The molecular weight excluding hydrogens is 444 g/mol. The number of nitrogens with one attached hydrogen (secondary N) is 2. The zero-order valence-corrected chi connectivity index (χ0v) is 19.7. The van der Waals surface area contributed by atoms with Crippen LogP contribution in [0.25, 0.3) is 11.1 Å². The van der Waals surface area contributed by atoms with Gasteiger partial charge in [-0.3, -0.25) is 9.59 Å². The molecule has 180 valence electrons. The second kappa shape index (κ2) is 10.0. The Kier molecular flexibility index (Phi) is 6.87. The van der Waals surface area contributed by atoms with Crippen molar-refractivity contribution < 1.29 is 24.2 Å². The lowest BCUT2D eigenvalue weighted by Gasteiger charge is -2.23. The van der Waals surface area contributed by atoms with Crippen molar-refractivity contribution in [3.05, 3.63) is 95.6 Å². The highest BCUT2D eigenvalue weighted by Crippen LogP contribution is 2.44. The first kappa shape index (κ1) is 24.0. The molecule has 0 radical (unpaired) electrons. The summed E-state index contributed by atoms with van der Waals surface area (Å²) in [6.07, 6.45) is -0.728. The maximum Gasteiger partial charge on any atom is 0.408 e. The maximum absolute atomic E-state index is 13.0. The molecule has 7 heteroatoms. The number of aliphatic carboxylic acids is 1. The molecule has 3 N–H and O–H groups in total. The first-order valence-electron chi connectivity index (χ1n) is 11.5. The molecule has 0 heterocycles. The van der Waals surface area contributed by atoms with E-state index in [9.17, 15) is 19.5 Å². The molecular formula is C28H28N2O5. The van der Waals surface area contributed by atoms with E-state index in [2.05, 4.69) is 22.8 Å². The van der Waals surface area contributed by atoms with Crippen LogP contribution in [0, 0.1) is 5.41 Å². The molecule has 0 aliphatic heterocycles. The van der Waals surface area contributed by atoms with Crippen molar-refractivity contribution in [2.24, 2.45) is 5.41 Å². The standard InChI is InChI=1S/C28H28N2O5/c1-28(2,26(32)33)17-29-25(31)24(18-10-4-3-5-11-18)30-27(34)35-16-23-21-14-8-6-12-19(21)20-13-7-9-15-22(20)23/h3-15,23-24H,16-17H2,1-2H3,(H,29,31)(H,30,34)(H,32,33)/t24-/m0/s1. The molecule has 1 aliphatic carbocycles. The van der Waals surface area contributed by atoms with E-state index in [0.29, 0.717) is 5.56 Å². The Labute approximate surface area is 204 Å². The van der Waals surface area contributed by atoms with E-state index < -0.39 is 29.4 Å². The molecule has 4 rings (SSSR count). The normalized spacial score (nSPS) is 13.3. The Morgan fingerprint density at radius 1 is 0.886 bits per heavy atom. The fourth-order valence-corrected chi connectivity index (χ4v) is 4.19. The van der Waals surface area contributed by atoms with Crippen LogP contribution in [-0.4, -0.2) is 36.2 Å². The third-order valence-corrected chi connectivity index (χ3v) is 6.28. The Hall–Kier alpha value is -4.13. The number of ether oxygens (including phenoxy) is 1. The van der Waals surface area contributed by atoms with Crippen LogP contribution in [-0.2, 0) is 14.3 Å². The molecule has 35 heavy (non-hydrogen) atoms. The van der Waals surface area contributed by atoms with Gasteiger partial charge < -0.3 is 20.5 Å². The van der Waals surface area contributed by atoms with Gasteiger partial charge in [-0.05, 0) is 41.7 Å². The molecule has 0 aromatic heterocycles. The van der Waals surface area contributed by atoms with Gasteiger partial charge in [-0.2, -0.15) is 0 Å². The summed E-state index contributed by atoms with van der Waals surface area (Å²) >= 11 is 0. The predicted molar refractivity (Wildman–Crippen MR) is 132 cm³/mol. The molecule has 0 saturated carbocycles. The maximum atomic E-state index is 13.0. The largest absolute Gasteiger partial charge is 0.481 e. The first-order valence-corrected chi connectivity index (χ1v) is 11.5. The zero-order valence-electron chi connectivity index (χ0n) is 19.7. The molecule has 2 amide bonds. The number of hydrogen-bond acceptors (Lipinski definition) is 4. The molecule has 3 aromatic carbocycles. The first-order chi connectivity index (χ1) is 16.8. The van der Waals surface area contributed by atoms with Crippen molar-refractivity contribution in [2.75, 3.05) is 13.2 Å². The predicted octanol–water partition coefficient (Wildman–Crippen LogP) is 4.49. The van der Waals surface area contributed by atoms with Gasteiger partial charge in [0.25, 0.3) is 0 Å². The minimum atomic E-state index is -1.15. The summed E-state index contributed by atoms with van der Waals surface area (Å²) in [5, 5.41) is 14.6. The summed E-state index contributed by atoms with van der Waals surface area (Å²) in [6, 6.07) is 23.8. The highest BCUT2D eigenvalue weighted by Gasteiger charge is 2.32. The molecule has 0 bridgehead atoms. The van der Waals surface area contributed by atoms with Gasteiger partial charge in [-0.1, -0.05) is 78.9 Å². The quantitative estimate of drug-likeness (QED) is 0.448. The van der Waals surface area contributed by atoms with Crippen LogP contribution in [0.1, 0.15) is 42.5 Å². The average Bonchev–Trinajstić information content (AvgIpc) is 3.19. The van der Waals surface area contributed by atoms with E-state index in [4.69, 9.17) is 4.74 Å². The van der Waals surface area contributed by atoms with Gasteiger partial charge in [-0.25, -0.2) is 4.79 Å². The number of hydrogen-bond donors (Lipinski definition) is 3. The summed E-state index contributed by atoms with van der Waals surface area (Å²) in [6.45, 7) is 3.07. The Balaban J connectivity index is 1.46. The van der Waals surface area contributed by atoms with E-state index >= 15 is 0 Å². The van der Waals surface area contributed by atoms with Gasteiger partial charge in [0.1, 0.15) is 12.6 Å². The van der Waals surface area contributed by atoms with E-state index in [0.717, 1.165) is 22.3 Å². The number of rotatable bonds is 8. The van der Waals surface area contributed by atoms with Crippen LogP contribution in [0.15, 0.2) is 78.9 Å². The van der Waals surface area contributed by atoms with Gasteiger partial charge in [0.2, 0.25) is 5.91 Å². The minimum Gasteiger partial charge on any atom is -0.481 e. The lowest BCUT2D eigenvalue weighted by Crippen LogP contribution is -2.45. The monoisotopic (exact) mass is 472 g/mol. The fourth-order valence-electron chi connectivity index (χ4n) is 4.19. The molecule has 1 aliphatic rings. The second-order valence-electron chi connectivity index (χ2n) is 9.22. The number of carboxylic acids is 1. The number of amides is 2. The Morgan fingerprint density at radius 2 is 1.43 bits per heavy atom. The summed E-state index contributed by atoms with van der Waals surface area (Å²) < 4.78 is 5.60. The molecule has 3 aromatic rings. The van der Waals surface area contributed by atoms with Gasteiger partial charge in [-0.15, -0.1) is 0 Å². The number of benzene rings is 3. The van der Waals surface area contributed by atoms with Gasteiger partial charge in [0.05, 0.1) is 5.41 Å². The van der Waals surface area contributed by atoms with E-state index in [1.54, 1.807) is 30.3 Å². The summed E-state index contributed by atoms with van der Waals surface area (Å²) in [4.78, 5) is 37.2. The number of alkyl carbamates (subject to hydrolysis) is 1. The topological polar surface area (TPSA) is 105 Å². The van der Waals surface area contributed by atoms with E-state index in [-0.39, 0.29) is 19.1 Å². The molecule has 0 spiro atoms. The highest BCUT2D eigenvalue weighted by atomic mass is 16.5. The lowest BCUT2D eigenvalue weighted by atomic mass is 9.93. The molecule has 0 saturated heterocycles. The summed E-state index contributed by atoms with van der Waals surface area (Å²) in [5.41, 5.74) is 3.84. The smallest absolute Gasteiger partial charge is 0.408 e. The molecule has 0 unspecified atom stereocenters. The zero-order chi connectivity index (χ0) is 25.0. The lowest BCUT2D eigenvalue weighted by molar-refractivity contribution is -0.146. The summed E-state index contributed by atoms with van der Waals surface area (Å²) in [5.74, 6) is -1.65. The van der Waals surface area contributed by atoms with Crippen LogP contribution >= 0.6 is 0 Å². The van der Waals surface area contributed by atoms with Crippen LogP contribution in [0.3, 0.4) is 0 Å². The van der Waals surface area contributed by atoms with Crippen LogP contribution < -0.4 is 10.6 Å². The van der Waals surface area contributed by atoms with Crippen molar-refractivity contribution in [3.63, 3.8) is 0 Å². The van der Waals surface area contributed by atoms with Crippen molar-refractivity contribution in [2.45, 2.75) is 25.8 Å². The number of carbonyl (C=O) groups excluding carboxylic acids is 2. The van der Waals surface area contributed by atoms with Gasteiger partial charge >= 0.3 is 12.1 Å². The van der Waals surface area contributed by atoms with Crippen LogP contribution in [0.5, 0.6) is 0 Å². The highest BCUT2D eigenvalue weighted by molar-refractivity contribution is 5.87.